The quantitative estimate of drug-likeness (QED) is 0.295. The molecule has 4 rings (SSSR count). The van der Waals surface area contributed by atoms with Gasteiger partial charge >= 0.3 is 0 Å². The van der Waals surface area contributed by atoms with Crippen LogP contribution in [0.5, 0.6) is 0 Å². The van der Waals surface area contributed by atoms with E-state index < -0.39 is 0 Å². The molecule has 1 amide bonds. The number of fused-ring (bicyclic) bond motifs is 1. The highest BCUT2D eigenvalue weighted by molar-refractivity contribution is 8.00. The average Bonchev–Trinajstić information content (AvgIpc) is 3.40. The monoisotopic (exact) mass is 497 g/mol. The molecule has 0 aliphatic rings. The molecular formula is C24H27N5OS3. The molecule has 4 aromatic rings. The molecule has 0 aliphatic heterocycles. The lowest BCUT2D eigenvalue weighted by Crippen LogP contribution is -2.28. The van der Waals surface area contributed by atoms with Crippen molar-refractivity contribution in [2.75, 3.05) is 5.75 Å². The van der Waals surface area contributed by atoms with Crippen molar-refractivity contribution in [2.24, 2.45) is 0 Å². The van der Waals surface area contributed by atoms with Gasteiger partial charge in [0.25, 0.3) is 0 Å². The molecule has 0 radical (unpaired) electrons. The van der Waals surface area contributed by atoms with Crippen LogP contribution in [0, 0.1) is 13.8 Å². The number of rotatable bonds is 9. The third-order valence-electron chi connectivity index (χ3n) is 5.45. The van der Waals surface area contributed by atoms with Gasteiger partial charge in [0.2, 0.25) is 5.91 Å². The SMILES string of the molecule is CCn1c(CSc2nc3ccccc3s2)nnc1SCC(=O)NC(C)c1ccc(C)c(C)c1. The summed E-state index contributed by atoms with van der Waals surface area (Å²) >= 11 is 4.79. The van der Waals surface area contributed by atoms with Gasteiger partial charge in [-0.2, -0.15) is 0 Å². The average molecular weight is 498 g/mol. The highest BCUT2D eigenvalue weighted by atomic mass is 32.2. The topological polar surface area (TPSA) is 72.7 Å². The maximum absolute atomic E-state index is 12.6. The van der Waals surface area contributed by atoms with Gasteiger partial charge in [-0.1, -0.05) is 53.9 Å². The fourth-order valence-corrected chi connectivity index (χ4v) is 6.26. The fourth-order valence-electron chi connectivity index (χ4n) is 3.42. The molecule has 0 spiro atoms. The second-order valence-electron chi connectivity index (χ2n) is 7.80. The van der Waals surface area contributed by atoms with E-state index in [2.05, 4.69) is 70.1 Å². The molecular weight excluding hydrogens is 470 g/mol. The normalized spacial score (nSPS) is 12.2. The molecule has 2 aromatic heterocycles. The van der Waals surface area contributed by atoms with Crippen molar-refractivity contribution in [3.05, 3.63) is 65.0 Å². The van der Waals surface area contributed by atoms with E-state index in [-0.39, 0.29) is 11.9 Å². The van der Waals surface area contributed by atoms with E-state index in [0.717, 1.165) is 32.9 Å². The summed E-state index contributed by atoms with van der Waals surface area (Å²) in [6, 6.07) is 14.4. The van der Waals surface area contributed by atoms with Gasteiger partial charge in [-0.05, 0) is 56.5 Å². The van der Waals surface area contributed by atoms with E-state index in [1.54, 1.807) is 23.1 Å². The standard InChI is InChI=1S/C24H27N5OS3/c1-5-29-21(13-32-24-26-19-8-6-7-9-20(19)33-24)27-28-23(29)31-14-22(30)25-17(4)18-11-10-15(2)16(3)12-18/h6-12,17H,5,13-14H2,1-4H3,(H,25,30). The van der Waals surface area contributed by atoms with E-state index in [4.69, 9.17) is 0 Å². The second-order valence-corrected chi connectivity index (χ2v) is 11.0. The highest BCUT2D eigenvalue weighted by Crippen LogP contribution is 2.31. The van der Waals surface area contributed by atoms with Crippen molar-refractivity contribution in [2.45, 2.75) is 55.5 Å². The van der Waals surface area contributed by atoms with Crippen LogP contribution in [0.15, 0.2) is 52.0 Å². The van der Waals surface area contributed by atoms with Crippen LogP contribution >= 0.6 is 34.9 Å². The number of thiazole rings is 1. The van der Waals surface area contributed by atoms with Gasteiger partial charge in [0, 0.05) is 6.54 Å². The zero-order valence-corrected chi connectivity index (χ0v) is 21.6. The molecule has 1 N–H and O–H groups in total. The number of nitrogens with zero attached hydrogens (tertiary/aromatic N) is 4. The minimum absolute atomic E-state index is 0.0122. The van der Waals surface area contributed by atoms with Crippen LogP contribution in [0.25, 0.3) is 10.2 Å². The van der Waals surface area contributed by atoms with E-state index in [1.165, 1.54) is 27.6 Å². The van der Waals surface area contributed by atoms with Crippen LogP contribution in [0.4, 0.5) is 0 Å². The zero-order chi connectivity index (χ0) is 23.4. The number of hydrogen-bond donors (Lipinski definition) is 1. The molecule has 172 valence electrons. The maximum Gasteiger partial charge on any atom is 0.230 e. The summed E-state index contributed by atoms with van der Waals surface area (Å²) in [7, 11) is 0. The Bertz CT molecular complexity index is 1230. The summed E-state index contributed by atoms with van der Waals surface area (Å²) in [5.74, 6) is 1.88. The number of thioether (sulfide) groups is 2. The first-order valence-corrected chi connectivity index (χ1v) is 13.6. The van der Waals surface area contributed by atoms with Gasteiger partial charge in [-0.3, -0.25) is 4.79 Å². The van der Waals surface area contributed by atoms with Crippen molar-refractivity contribution >= 4 is 51.0 Å². The summed E-state index contributed by atoms with van der Waals surface area (Å²) < 4.78 is 4.29. The fraction of sp³-hybridized carbons (Fsp3) is 0.333. The van der Waals surface area contributed by atoms with Crippen LogP contribution in [-0.4, -0.2) is 31.4 Å². The van der Waals surface area contributed by atoms with Gasteiger partial charge in [-0.15, -0.1) is 21.5 Å². The number of carbonyl (C=O) groups is 1. The third-order valence-corrected chi connectivity index (χ3v) is 8.59. The number of aryl methyl sites for hydroxylation is 2. The largest absolute Gasteiger partial charge is 0.349 e. The Kier molecular flexibility index (Phi) is 7.72. The molecule has 2 aromatic carbocycles. The number of aromatic nitrogens is 4. The maximum atomic E-state index is 12.6. The summed E-state index contributed by atoms with van der Waals surface area (Å²) in [5.41, 5.74) is 4.63. The first kappa shape index (κ1) is 23.8. The second kappa shape index (κ2) is 10.7. The Morgan fingerprint density at radius 2 is 1.94 bits per heavy atom. The predicted octanol–water partition coefficient (Wildman–Crippen LogP) is 5.79. The lowest BCUT2D eigenvalue weighted by Gasteiger charge is -2.15. The summed E-state index contributed by atoms with van der Waals surface area (Å²) in [4.78, 5) is 17.2. The van der Waals surface area contributed by atoms with Crippen LogP contribution < -0.4 is 5.32 Å². The molecule has 1 atom stereocenters. The zero-order valence-electron chi connectivity index (χ0n) is 19.2. The summed E-state index contributed by atoms with van der Waals surface area (Å²) in [6.45, 7) is 9.02. The van der Waals surface area contributed by atoms with Crippen molar-refractivity contribution in [3.63, 3.8) is 0 Å². The Morgan fingerprint density at radius 3 is 2.70 bits per heavy atom. The molecule has 0 saturated heterocycles. The summed E-state index contributed by atoms with van der Waals surface area (Å²) in [5, 5.41) is 12.6. The first-order valence-electron chi connectivity index (χ1n) is 10.8. The number of amides is 1. The lowest BCUT2D eigenvalue weighted by molar-refractivity contribution is -0.119. The third kappa shape index (κ3) is 5.77. The van der Waals surface area contributed by atoms with Crippen LogP contribution in [-0.2, 0) is 17.1 Å². The minimum atomic E-state index is -0.0396. The Balaban J connectivity index is 1.33. The van der Waals surface area contributed by atoms with E-state index in [0.29, 0.717) is 11.5 Å². The number of para-hydroxylation sites is 1. The van der Waals surface area contributed by atoms with E-state index in [9.17, 15) is 4.79 Å². The van der Waals surface area contributed by atoms with Crippen molar-refractivity contribution in [3.8, 4) is 0 Å². The molecule has 2 heterocycles. The van der Waals surface area contributed by atoms with Gasteiger partial charge in [0.1, 0.15) is 5.82 Å². The van der Waals surface area contributed by atoms with Gasteiger partial charge in [-0.25, -0.2) is 4.98 Å². The van der Waals surface area contributed by atoms with Crippen LogP contribution in [0.1, 0.15) is 42.4 Å². The minimum Gasteiger partial charge on any atom is -0.349 e. The van der Waals surface area contributed by atoms with Gasteiger partial charge < -0.3 is 9.88 Å². The Morgan fingerprint density at radius 1 is 1.12 bits per heavy atom. The lowest BCUT2D eigenvalue weighted by atomic mass is 10.0. The van der Waals surface area contributed by atoms with E-state index in [1.807, 2.05) is 25.1 Å². The number of carbonyl (C=O) groups excluding carboxylic acids is 1. The Hall–Kier alpha value is -2.36. The van der Waals surface area contributed by atoms with Gasteiger partial charge in [0.15, 0.2) is 9.50 Å². The molecule has 1 unspecified atom stereocenters. The summed E-state index contributed by atoms with van der Waals surface area (Å²) in [6.07, 6.45) is 0. The van der Waals surface area contributed by atoms with Crippen molar-refractivity contribution < 1.29 is 4.79 Å². The molecule has 9 heteroatoms. The molecule has 0 bridgehead atoms. The molecule has 0 fully saturated rings. The van der Waals surface area contributed by atoms with Gasteiger partial charge in [0.05, 0.1) is 27.8 Å². The highest BCUT2D eigenvalue weighted by Gasteiger charge is 2.16. The predicted molar refractivity (Wildman–Crippen MR) is 138 cm³/mol. The number of benzene rings is 2. The van der Waals surface area contributed by atoms with Crippen LogP contribution in [0.2, 0.25) is 0 Å². The molecule has 0 aliphatic carbocycles. The van der Waals surface area contributed by atoms with E-state index >= 15 is 0 Å². The Labute approximate surface area is 206 Å². The molecule has 33 heavy (non-hydrogen) atoms. The van der Waals surface area contributed by atoms with Crippen molar-refractivity contribution in [1.29, 1.82) is 0 Å². The molecule has 0 saturated carbocycles. The van der Waals surface area contributed by atoms with Crippen molar-refractivity contribution in [1.82, 2.24) is 25.1 Å². The first-order chi connectivity index (χ1) is 15.9. The molecule has 6 nitrogen and oxygen atoms in total. The number of hydrogen-bond acceptors (Lipinski definition) is 7. The van der Waals surface area contributed by atoms with Crippen LogP contribution in [0.3, 0.4) is 0 Å². The number of nitrogens with one attached hydrogen (secondary N) is 1. The smallest absolute Gasteiger partial charge is 0.230 e.